The van der Waals surface area contributed by atoms with E-state index < -0.39 is 0 Å². The molecule has 4 nitrogen and oxygen atoms in total. The van der Waals surface area contributed by atoms with E-state index >= 15 is 0 Å². The molecule has 0 unspecified atom stereocenters. The second-order valence-corrected chi connectivity index (χ2v) is 5.41. The Morgan fingerprint density at radius 2 is 2.38 bits per heavy atom. The van der Waals surface area contributed by atoms with Gasteiger partial charge in [-0.3, -0.25) is 0 Å². The molecule has 1 rings (SSSR count). The first-order valence-corrected chi connectivity index (χ1v) is 6.15. The fourth-order valence-electron chi connectivity index (χ4n) is 1.29. The number of amidine groups is 1. The molecule has 1 heterocycles. The Kier molecular flexibility index (Phi) is 4.76. The molecule has 16 heavy (non-hydrogen) atoms. The van der Waals surface area contributed by atoms with Gasteiger partial charge in [0, 0.05) is 16.8 Å². The van der Waals surface area contributed by atoms with Crippen LogP contribution in [-0.4, -0.2) is 17.6 Å². The minimum Gasteiger partial charge on any atom is -0.409 e. The number of nitrogens with two attached hydrogens (primary N) is 1. The van der Waals surface area contributed by atoms with Gasteiger partial charge >= 0.3 is 0 Å². The van der Waals surface area contributed by atoms with Crippen molar-refractivity contribution in [2.75, 3.05) is 6.54 Å². The molecule has 0 saturated carbocycles. The third-order valence-corrected chi connectivity index (χ3v) is 3.48. The highest BCUT2D eigenvalue weighted by Crippen LogP contribution is 2.19. The highest BCUT2D eigenvalue weighted by molar-refractivity contribution is 7.09. The first-order valence-electron chi connectivity index (χ1n) is 5.27. The van der Waals surface area contributed by atoms with Crippen molar-refractivity contribution in [2.45, 2.75) is 26.8 Å². The van der Waals surface area contributed by atoms with Crippen LogP contribution >= 0.6 is 11.3 Å². The van der Waals surface area contributed by atoms with Crippen molar-refractivity contribution in [1.82, 2.24) is 5.32 Å². The van der Waals surface area contributed by atoms with E-state index in [9.17, 15) is 0 Å². The van der Waals surface area contributed by atoms with Gasteiger partial charge in [-0.1, -0.05) is 25.1 Å². The molecule has 0 aliphatic rings. The van der Waals surface area contributed by atoms with Gasteiger partial charge in [0.05, 0.1) is 0 Å². The van der Waals surface area contributed by atoms with E-state index in [4.69, 9.17) is 10.9 Å². The van der Waals surface area contributed by atoms with Crippen molar-refractivity contribution >= 4 is 17.2 Å². The molecule has 4 N–H and O–H groups in total. The van der Waals surface area contributed by atoms with Crippen molar-refractivity contribution in [3.8, 4) is 0 Å². The number of oxime groups is 1. The van der Waals surface area contributed by atoms with E-state index in [1.54, 1.807) is 11.3 Å². The van der Waals surface area contributed by atoms with Gasteiger partial charge in [0.25, 0.3) is 0 Å². The van der Waals surface area contributed by atoms with Crippen LogP contribution in [0.5, 0.6) is 0 Å². The highest BCUT2D eigenvalue weighted by atomic mass is 32.1. The number of rotatable bonds is 6. The zero-order valence-corrected chi connectivity index (χ0v) is 10.5. The molecule has 0 aliphatic carbocycles. The van der Waals surface area contributed by atoms with E-state index in [1.165, 1.54) is 4.88 Å². The molecule has 1 aromatic rings. The number of nitrogens with one attached hydrogen (secondary N) is 1. The van der Waals surface area contributed by atoms with Crippen LogP contribution in [0.15, 0.2) is 22.7 Å². The monoisotopic (exact) mass is 241 g/mol. The van der Waals surface area contributed by atoms with Gasteiger partial charge in [0.2, 0.25) is 0 Å². The number of hydrogen-bond donors (Lipinski definition) is 3. The summed E-state index contributed by atoms with van der Waals surface area (Å²) in [6.45, 7) is 5.66. The minimum atomic E-state index is -0.267. The third kappa shape index (κ3) is 3.83. The lowest BCUT2D eigenvalue weighted by molar-refractivity contribution is 0.305. The van der Waals surface area contributed by atoms with Crippen molar-refractivity contribution in [3.63, 3.8) is 0 Å². The van der Waals surface area contributed by atoms with Crippen LogP contribution in [0.25, 0.3) is 0 Å². The van der Waals surface area contributed by atoms with Crippen LogP contribution in [0.2, 0.25) is 0 Å². The molecule has 0 saturated heterocycles. The molecular formula is C11H19N3OS. The predicted octanol–water partition coefficient (Wildman–Crippen LogP) is 2.00. The maximum absolute atomic E-state index is 8.62. The van der Waals surface area contributed by atoms with E-state index in [0.29, 0.717) is 0 Å². The summed E-state index contributed by atoms with van der Waals surface area (Å²) < 4.78 is 0. The van der Waals surface area contributed by atoms with Gasteiger partial charge in [0.1, 0.15) is 5.84 Å². The number of hydrogen-bond acceptors (Lipinski definition) is 4. The molecular weight excluding hydrogens is 222 g/mol. The van der Waals surface area contributed by atoms with Gasteiger partial charge in [-0.25, -0.2) is 0 Å². The Morgan fingerprint density at radius 1 is 1.62 bits per heavy atom. The number of thiophene rings is 1. The lowest BCUT2D eigenvalue weighted by Gasteiger charge is -2.22. The smallest absolute Gasteiger partial charge is 0.144 e. The van der Waals surface area contributed by atoms with Gasteiger partial charge in [-0.15, -0.1) is 11.3 Å². The Bertz CT molecular complexity index is 333. The first-order chi connectivity index (χ1) is 7.56. The normalized spacial score (nSPS) is 13.0. The fourth-order valence-corrected chi connectivity index (χ4v) is 1.96. The second kappa shape index (κ2) is 5.86. The van der Waals surface area contributed by atoms with Crippen LogP contribution < -0.4 is 11.1 Å². The van der Waals surface area contributed by atoms with Crippen molar-refractivity contribution in [2.24, 2.45) is 16.3 Å². The Hall–Kier alpha value is -1.07. The zero-order chi connectivity index (χ0) is 12.0. The zero-order valence-electron chi connectivity index (χ0n) is 9.73. The summed E-state index contributed by atoms with van der Waals surface area (Å²) in [7, 11) is 0. The lowest BCUT2D eigenvalue weighted by atomic mass is 9.88. The Labute approximate surface area is 100 Å². The molecule has 5 heteroatoms. The third-order valence-electron chi connectivity index (χ3n) is 2.61. The summed E-state index contributed by atoms with van der Waals surface area (Å²) in [5.41, 5.74) is 5.34. The Balaban J connectivity index is 2.25. The maximum atomic E-state index is 8.62. The number of nitrogens with zero attached hydrogens (tertiary/aromatic N) is 1. The fraction of sp³-hybridized carbons (Fsp3) is 0.545. The summed E-state index contributed by atoms with van der Waals surface area (Å²) in [5.74, 6) is 0.283. The van der Waals surface area contributed by atoms with Crippen LogP contribution in [0, 0.1) is 5.41 Å². The summed E-state index contributed by atoms with van der Waals surface area (Å²) >= 11 is 1.74. The van der Waals surface area contributed by atoms with Gasteiger partial charge in [-0.2, -0.15) is 0 Å². The largest absolute Gasteiger partial charge is 0.409 e. The van der Waals surface area contributed by atoms with Crippen LogP contribution in [0.1, 0.15) is 25.1 Å². The van der Waals surface area contributed by atoms with Crippen LogP contribution in [-0.2, 0) is 6.54 Å². The summed E-state index contributed by atoms with van der Waals surface area (Å²) in [6.07, 6.45) is 0.842. The molecule has 0 atom stereocenters. The van der Waals surface area contributed by atoms with Crippen molar-refractivity contribution in [3.05, 3.63) is 22.4 Å². The lowest BCUT2D eigenvalue weighted by Crippen LogP contribution is -2.34. The molecule has 0 fully saturated rings. The highest BCUT2D eigenvalue weighted by Gasteiger charge is 2.22. The molecule has 1 aromatic heterocycles. The molecule has 0 aromatic carbocycles. The Morgan fingerprint density at radius 3 is 2.94 bits per heavy atom. The van der Waals surface area contributed by atoms with Crippen LogP contribution in [0.3, 0.4) is 0 Å². The standard InChI is InChI=1S/C11H19N3OS/c1-11(2,10(12)14-15)5-6-13-8-9-4-3-7-16-9/h3-4,7,13,15H,5-6,8H2,1-2H3,(H2,12,14). The van der Waals surface area contributed by atoms with Crippen molar-refractivity contribution < 1.29 is 5.21 Å². The molecule has 0 bridgehead atoms. The average Bonchev–Trinajstić information content (AvgIpc) is 2.76. The van der Waals surface area contributed by atoms with E-state index in [-0.39, 0.29) is 11.3 Å². The molecule has 90 valence electrons. The van der Waals surface area contributed by atoms with Gasteiger partial charge in [0.15, 0.2) is 0 Å². The second-order valence-electron chi connectivity index (χ2n) is 4.38. The molecule has 0 radical (unpaired) electrons. The van der Waals surface area contributed by atoms with E-state index in [2.05, 4.69) is 21.9 Å². The summed E-state index contributed by atoms with van der Waals surface area (Å²) in [6, 6.07) is 4.15. The quantitative estimate of drug-likeness (QED) is 0.234. The SMILES string of the molecule is CC(C)(CCNCc1cccs1)C(N)=NO. The van der Waals surface area contributed by atoms with Gasteiger partial charge < -0.3 is 16.3 Å². The van der Waals surface area contributed by atoms with Crippen molar-refractivity contribution in [1.29, 1.82) is 0 Å². The predicted molar refractivity (Wildman–Crippen MR) is 67.8 cm³/mol. The molecule has 0 spiro atoms. The molecule has 0 amide bonds. The minimum absolute atomic E-state index is 0.267. The van der Waals surface area contributed by atoms with Crippen LogP contribution in [0.4, 0.5) is 0 Å². The first kappa shape index (κ1) is 13.0. The summed E-state index contributed by atoms with van der Waals surface area (Å²) in [5, 5.41) is 17.1. The van der Waals surface area contributed by atoms with E-state index in [1.807, 2.05) is 19.9 Å². The van der Waals surface area contributed by atoms with E-state index in [0.717, 1.165) is 19.5 Å². The van der Waals surface area contributed by atoms with Gasteiger partial charge in [-0.05, 0) is 24.4 Å². The summed E-state index contributed by atoms with van der Waals surface area (Å²) in [4.78, 5) is 1.32. The topological polar surface area (TPSA) is 70.6 Å². The maximum Gasteiger partial charge on any atom is 0.144 e. The molecule has 0 aliphatic heterocycles. The average molecular weight is 241 g/mol.